The average Bonchev–Trinajstić information content (AvgIpc) is 2.90. The normalized spacial score (nSPS) is 10.9. The summed E-state index contributed by atoms with van der Waals surface area (Å²) in [6.07, 6.45) is 9.37. The first-order chi connectivity index (χ1) is 12.1. The van der Waals surface area contributed by atoms with E-state index in [9.17, 15) is 0 Å². The quantitative estimate of drug-likeness (QED) is 0.488. The number of fused-ring (bicyclic) bond motifs is 1. The Morgan fingerprint density at radius 3 is 2.64 bits per heavy atom. The van der Waals surface area contributed by atoms with Gasteiger partial charge in [0.25, 0.3) is 0 Å². The van der Waals surface area contributed by atoms with E-state index in [0.717, 1.165) is 35.9 Å². The molecule has 0 spiro atoms. The van der Waals surface area contributed by atoms with Crippen LogP contribution in [0.25, 0.3) is 11.2 Å². The summed E-state index contributed by atoms with van der Waals surface area (Å²) in [5.41, 5.74) is 7.26. The molecule has 3 aromatic rings. The van der Waals surface area contributed by atoms with Crippen LogP contribution in [0.1, 0.15) is 19.3 Å². The van der Waals surface area contributed by atoms with Gasteiger partial charge in [-0.05, 0) is 31.0 Å². The van der Waals surface area contributed by atoms with Crippen LogP contribution in [-0.4, -0.2) is 19.5 Å². The highest BCUT2D eigenvalue weighted by Gasteiger charge is 2.16. The van der Waals surface area contributed by atoms with E-state index in [0.29, 0.717) is 27.0 Å². The minimum atomic E-state index is 0.360. The summed E-state index contributed by atoms with van der Waals surface area (Å²) in [7, 11) is 0. The van der Waals surface area contributed by atoms with Gasteiger partial charge in [0, 0.05) is 27.9 Å². The number of unbranched alkanes of at least 4 members (excludes halogenated alkanes) is 2. The number of anilines is 1. The molecule has 0 atom stereocenters. The molecule has 0 aliphatic carbocycles. The number of nitrogen functional groups attached to an aromatic ring is 1. The third-order valence-corrected chi connectivity index (χ3v) is 4.93. The van der Waals surface area contributed by atoms with Crippen molar-refractivity contribution in [3.05, 3.63) is 34.6 Å². The molecule has 0 saturated heterocycles. The molecule has 2 N–H and O–H groups in total. The Hall–Kier alpha value is -1.94. The van der Waals surface area contributed by atoms with E-state index in [-0.39, 0.29) is 0 Å². The second kappa shape index (κ2) is 7.96. The van der Waals surface area contributed by atoms with Crippen LogP contribution in [0.15, 0.2) is 34.6 Å². The maximum Gasteiger partial charge on any atom is 0.175 e. The molecule has 3 rings (SSSR count). The van der Waals surface area contributed by atoms with Gasteiger partial charge in [-0.1, -0.05) is 35.0 Å². The number of aromatic nitrogens is 4. The zero-order valence-electron chi connectivity index (χ0n) is 13.2. The Morgan fingerprint density at radius 1 is 1.16 bits per heavy atom. The van der Waals surface area contributed by atoms with Crippen LogP contribution in [0, 0.1) is 12.3 Å². The Bertz CT molecular complexity index is 928. The molecule has 5 nitrogen and oxygen atoms in total. The van der Waals surface area contributed by atoms with E-state index in [1.54, 1.807) is 6.07 Å². The number of hydrogen-bond acceptors (Lipinski definition) is 5. The molecule has 0 aliphatic heterocycles. The molecule has 0 amide bonds. The number of rotatable bonds is 6. The van der Waals surface area contributed by atoms with Gasteiger partial charge >= 0.3 is 0 Å². The molecule has 0 saturated carbocycles. The fourth-order valence-electron chi connectivity index (χ4n) is 2.40. The minimum absolute atomic E-state index is 0.360. The van der Waals surface area contributed by atoms with Crippen LogP contribution < -0.4 is 5.73 Å². The summed E-state index contributed by atoms with van der Waals surface area (Å²) in [6.45, 7) is 0.741. The predicted octanol–water partition coefficient (Wildman–Crippen LogP) is 4.67. The molecule has 2 heterocycles. The van der Waals surface area contributed by atoms with E-state index in [1.807, 2.05) is 16.7 Å². The second-order valence-electron chi connectivity index (χ2n) is 5.35. The molecular weight excluding hydrogens is 377 g/mol. The molecule has 0 unspecified atom stereocenters. The van der Waals surface area contributed by atoms with Crippen LogP contribution in [0.3, 0.4) is 0 Å². The molecule has 25 heavy (non-hydrogen) atoms. The van der Waals surface area contributed by atoms with Gasteiger partial charge in [0.1, 0.15) is 6.33 Å². The van der Waals surface area contributed by atoms with Crippen molar-refractivity contribution in [2.24, 2.45) is 0 Å². The third kappa shape index (κ3) is 4.18. The van der Waals surface area contributed by atoms with Gasteiger partial charge in [-0.2, -0.15) is 0 Å². The number of terminal acetylenes is 1. The molecule has 0 fully saturated rings. The zero-order valence-corrected chi connectivity index (χ0v) is 15.6. The van der Waals surface area contributed by atoms with Crippen molar-refractivity contribution >= 4 is 51.9 Å². The van der Waals surface area contributed by atoms with Gasteiger partial charge in [-0.3, -0.25) is 0 Å². The third-order valence-electron chi connectivity index (χ3n) is 3.52. The molecule has 128 valence electrons. The highest BCUT2D eigenvalue weighted by molar-refractivity contribution is 7.99. The van der Waals surface area contributed by atoms with Crippen molar-refractivity contribution in [1.29, 1.82) is 0 Å². The largest absolute Gasteiger partial charge is 0.382 e. The number of halogens is 2. The van der Waals surface area contributed by atoms with E-state index in [4.69, 9.17) is 35.4 Å². The van der Waals surface area contributed by atoms with Crippen molar-refractivity contribution < 1.29 is 0 Å². The molecule has 8 heteroatoms. The summed E-state index contributed by atoms with van der Waals surface area (Å²) in [5.74, 6) is 3.02. The summed E-state index contributed by atoms with van der Waals surface area (Å²) in [6, 6.07) is 5.38. The summed E-state index contributed by atoms with van der Waals surface area (Å²) in [4.78, 5) is 13.9. The topological polar surface area (TPSA) is 69.6 Å². The zero-order chi connectivity index (χ0) is 17.8. The Labute approximate surface area is 160 Å². The minimum Gasteiger partial charge on any atom is -0.382 e. The monoisotopic (exact) mass is 391 g/mol. The average molecular weight is 392 g/mol. The number of imidazole rings is 1. The van der Waals surface area contributed by atoms with Crippen molar-refractivity contribution in [1.82, 2.24) is 19.5 Å². The summed E-state index contributed by atoms with van der Waals surface area (Å²) in [5, 5.41) is 1.92. The second-order valence-corrected chi connectivity index (χ2v) is 7.26. The Morgan fingerprint density at radius 2 is 1.92 bits per heavy atom. The standard InChI is InChI=1S/C17H15Cl2N5S/c1-2-3-4-5-6-24-16-14(15(20)21-10-22-16)23-17(24)25-13-8-11(18)7-12(19)9-13/h1,7-10H,3-6H2,(H2,20,21,22). The Kier molecular flexibility index (Phi) is 5.69. The number of nitrogens with two attached hydrogens (primary N) is 1. The van der Waals surface area contributed by atoms with Gasteiger partial charge in [0.05, 0.1) is 0 Å². The SMILES string of the molecule is C#CCCCCn1c(Sc2cc(Cl)cc(Cl)c2)nc2c(N)ncnc21. The number of hydrogen-bond donors (Lipinski definition) is 1. The molecule has 0 bridgehead atoms. The lowest BCUT2D eigenvalue weighted by atomic mass is 10.2. The molecule has 1 aromatic carbocycles. The van der Waals surface area contributed by atoms with E-state index in [1.165, 1.54) is 18.1 Å². The Balaban J connectivity index is 1.97. The number of nitrogens with zero attached hydrogens (tertiary/aromatic N) is 4. The fourth-order valence-corrected chi connectivity index (χ4v) is 4.07. The van der Waals surface area contributed by atoms with Gasteiger partial charge in [0.2, 0.25) is 0 Å². The van der Waals surface area contributed by atoms with E-state index >= 15 is 0 Å². The van der Waals surface area contributed by atoms with Gasteiger partial charge in [0.15, 0.2) is 22.1 Å². The number of benzene rings is 1. The van der Waals surface area contributed by atoms with Crippen LogP contribution in [0.5, 0.6) is 0 Å². The van der Waals surface area contributed by atoms with Gasteiger partial charge in [-0.25, -0.2) is 15.0 Å². The maximum absolute atomic E-state index is 6.09. The summed E-state index contributed by atoms with van der Waals surface area (Å²) >= 11 is 13.6. The first-order valence-electron chi connectivity index (χ1n) is 7.62. The van der Waals surface area contributed by atoms with Crippen molar-refractivity contribution in [3.63, 3.8) is 0 Å². The van der Waals surface area contributed by atoms with Crippen LogP contribution in [0.2, 0.25) is 10.0 Å². The predicted molar refractivity (Wildman–Crippen MR) is 103 cm³/mol. The van der Waals surface area contributed by atoms with Crippen LogP contribution >= 0.6 is 35.0 Å². The lowest BCUT2D eigenvalue weighted by Gasteiger charge is -2.08. The lowest BCUT2D eigenvalue weighted by molar-refractivity contribution is 0.587. The van der Waals surface area contributed by atoms with Crippen molar-refractivity contribution in [3.8, 4) is 12.3 Å². The first kappa shape index (κ1) is 17.9. The maximum atomic E-state index is 6.09. The highest BCUT2D eigenvalue weighted by Crippen LogP contribution is 2.34. The van der Waals surface area contributed by atoms with E-state index < -0.39 is 0 Å². The van der Waals surface area contributed by atoms with E-state index in [2.05, 4.69) is 20.9 Å². The van der Waals surface area contributed by atoms with Gasteiger partial charge < -0.3 is 10.3 Å². The molecular formula is C17H15Cl2N5S. The lowest BCUT2D eigenvalue weighted by Crippen LogP contribution is -2.02. The van der Waals surface area contributed by atoms with Crippen molar-refractivity contribution in [2.75, 3.05) is 5.73 Å². The van der Waals surface area contributed by atoms with Crippen LogP contribution in [0.4, 0.5) is 5.82 Å². The molecule has 0 radical (unpaired) electrons. The van der Waals surface area contributed by atoms with Gasteiger partial charge in [-0.15, -0.1) is 12.3 Å². The number of aryl methyl sites for hydroxylation is 1. The molecule has 0 aliphatic rings. The highest BCUT2D eigenvalue weighted by atomic mass is 35.5. The molecule has 2 aromatic heterocycles. The summed E-state index contributed by atoms with van der Waals surface area (Å²) < 4.78 is 2.03. The van der Waals surface area contributed by atoms with Crippen molar-refractivity contribution in [2.45, 2.75) is 35.9 Å². The fraction of sp³-hybridized carbons (Fsp3) is 0.235. The van der Waals surface area contributed by atoms with Crippen LogP contribution in [-0.2, 0) is 6.54 Å². The first-order valence-corrected chi connectivity index (χ1v) is 9.20. The smallest absolute Gasteiger partial charge is 0.175 e.